The van der Waals surface area contributed by atoms with Gasteiger partial charge in [0.05, 0.1) is 15.9 Å². The predicted molar refractivity (Wildman–Crippen MR) is 73.0 cm³/mol. The SMILES string of the molecule is CSc1ccc(C(O)CNC(C)C)cc1[N+](=O)[O-]. The van der Waals surface area contributed by atoms with Crippen LogP contribution in [-0.2, 0) is 0 Å². The number of nitro groups is 1. The number of rotatable bonds is 6. The molecule has 2 N–H and O–H groups in total. The molecule has 1 atom stereocenters. The van der Waals surface area contributed by atoms with E-state index in [9.17, 15) is 15.2 Å². The van der Waals surface area contributed by atoms with Crippen LogP contribution in [0.4, 0.5) is 5.69 Å². The highest BCUT2D eigenvalue weighted by Gasteiger charge is 2.17. The molecule has 1 aromatic carbocycles. The summed E-state index contributed by atoms with van der Waals surface area (Å²) in [5.41, 5.74) is 0.608. The van der Waals surface area contributed by atoms with Crippen molar-refractivity contribution in [3.8, 4) is 0 Å². The molecule has 0 aliphatic rings. The van der Waals surface area contributed by atoms with E-state index in [-0.39, 0.29) is 11.7 Å². The van der Waals surface area contributed by atoms with Gasteiger partial charge < -0.3 is 10.4 Å². The lowest BCUT2D eigenvalue weighted by Gasteiger charge is -2.14. The number of aliphatic hydroxyl groups excluding tert-OH is 1. The third-order valence-corrected chi connectivity index (χ3v) is 3.29. The summed E-state index contributed by atoms with van der Waals surface area (Å²) in [7, 11) is 0. The summed E-state index contributed by atoms with van der Waals surface area (Å²) in [6, 6.07) is 5.11. The summed E-state index contributed by atoms with van der Waals surface area (Å²) >= 11 is 1.32. The van der Waals surface area contributed by atoms with Crippen molar-refractivity contribution in [2.45, 2.75) is 30.9 Å². The molecule has 0 radical (unpaired) electrons. The Morgan fingerprint density at radius 3 is 2.67 bits per heavy atom. The molecular formula is C12H18N2O3S. The molecule has 0 amide bonds. The van der Waals surface area contributed by atoms with Crippen LogP contribution in [0.3, 0.4) is 0 Å². The van der Waals surface area contributed by atoms with Crippen LogP contribution in [0.25, 0.3) is 0 Å². The molecule has 0 aromatic heterocycles. The van der Waals surface area contributed by atoms with Gasteiger partial charge in [-0.3, -0.25) is 10.1 Å². The molecule has 1 rings (SSSR count). The lowest BCUT2D eigenvalue weighted by atomic mass is 10.1. The van der Waals surface area contributed by atoms with Crippen molar-refractivity contribution in [1.29, 1.82) is 0 Å². The van der Waals surface area contributed by atoms with E-state index >= 15 is 0 Å². The van der Waals surface area contributed by atoms with Crippen LogP contribution in [0.2, 0.25) is 0 Å². The van der Waals surface area contributed by atoms with Gasteiger partial charge in [-0.05, 0) is 17.9 Å². The van der Waals surface area contributed by atoms with Crippen molar-refractivity contribution in [3.05, 3.63) is 33.9 Å². The Morgan fingerprint density at radius 2 is 2.17 bits per heavy atom. The summed E-state index contributed by atoms with van der Waals surface area (Å²) in [5, 5.41) is 24.0. The Balaban J connectivity index is 2.90. The Labute approximate surface area is 111 Å². The fourth-order valence-electron chi connectivity index (χ4n) is 1.52. The highest BCUT2D eigenvalue weighted by molar-refractivity contribution is 7.98. The molecule has 0 saturated heterocycles. The zero-order valence-corrected chi connectivity index (χ0v) is 11.5. The fourth-order valence-corrected chi connectivity index (χ4v) is 2.07. The molecule has 0 fully saturated rings. The van der Waals surface area contributed by atoms with Crippen molar-refractivity contribution in [1.82, 2.24) is 5.32 Å². The normalized spacial score (nSPS) is 12.7. The topological polar surface area (TPSA) is 75.4 Å². The summed E-state index contributed by atoms with van der Waals surface area (Å²) in [5.74, 6) is 0. The van der Waals surface area contributed by atoms with Gasteiger partial charge in [-0.1, -0.05) is 19.9 Å². The van der Waals surface area contributed by atoms with E-state index in [1.807, 2.05) is 13.8 Å². The molecule has 0 saturated carbocycles. The Bertz CT molecular complexity index is 424. The number of nitro benzene ring substituents is 1. The zero-order valence-electron chi connectivity index (χ0n) is 10.7. The van der Waals surface area contributed by atoms with Crippen molar-refractivity contribution in [3.63, 3.8) is 0 Å². The minimum atomic E-state index is -0.734. The quantitative estimate of drug-likeness (QED) is 0.471. The Kier molecular flexibility index (Phi) is 5.58. The van der Waals surface area contributed by atoms with Gasteiger partial charge in [0.15, 0.2) is 0 Å². The smallest absolute Gasteiger partial charge is 0.283 e. The first-order valence-corrected chi connectivity index (χ1v) is 6.92. The number of aliphatic hydroxyl groups is 1. The van der Waals surface area contributed by atoms with Crippen LogP contribution in [-0.4, -0.2) is 28.9 Å². The number of hydrogen-bond acceptors (Lipinski definition) is 5. The average Bonchev–Trinajstić information content (AvgIpc) is 2.34. The molecular weight excluding hydrogens is 252 g/mol. The molecule has 18 heavy (non-hydrogen) atoms. The molecule has 100 valence electrons. The van der Waals surface area contributed by atoms with Gasteiger partial charge in [0, 0.05) is 18.7 Å². The van der Waals surface area contributed by atoms with E-state index in [4.69, 9.17) is 0 Å². The molecule has 0 aliphatic carbocycles. The summed E-state index contributed by atoms with van der Waals surface area (Å²) in [6.07, 6.45) is 1.06. The number of thioether (sulfide) groups is 1. The summed E-state index contributed by atoms with van der Waals surface area (Å²) in [4.78, 5) is 11.1. The van der Waals surface area contributed by atoms with Crippen molar-refractivity contribution in [2.75, 3.05) is 12.8 Å². The standard InChI is InChI=1S/C12H18N2O3S/c1-8(2)13-7-11(15)9-4-5-12(18-3)10(6-9)14(16)17/h4-6,8,11,13,15H,7H2,1-3H3. The molecule has 5 nitrogen and oxygen atoms in total. The minimum absolute atomic E-state index is 0.0450. The molecule has 1 unspecified atom stereocenters. The second kappa shape index (κ2) is 6.72. The van der Waals surface area contributed by atoms with Crippen molar-refractivity contribution < 1.29 is 10.0 Å². The Hall–Kier alpha value is -1.11. The van der Waals surface area contributed by atoms with Crippen molar-refractivity contribution in [2.24, 2.45) is 0 Å². The maximum atomic E-state index is 10.9. The number of nitrogens with zero attached hydrogens (tertiary/aromatic N) is 1. The fraction of sp³-hybridized carbons (Fsp3) is 0.500. The van der Waals surface area contributed by atoms with E-state index in [1.165, 1.54) is 17.8 Å². The largest absolute Gasteiger partial charge is 0.387 e. The van der Waals surface area contributed by atoms with Gasteiger partial charge in [-0.25, -0.2) is 0 Å². The van der Waals surface area contributed by atoms with Gasteiger partial charge in [-0.2, -0.15) is 0 Å². The maximum absolute atomic E-state index is 10.9. The monoisotopic (exact) mass is 270 g/mol. The van der Waals surface area contributed by atoms with Crippen LogP contribution in [0.15, 0.2) is 23.1 Å². The highest BCUT2D eigenvalue weighted by atomic mass is 32.2. The van der Waals surface area contributed by atoms with Crippen molar-refractivity contribution >= 4 is 17.4 Å². The molecule has 1 aromatic rings. The third kappa shape index (κ3) is 3.97. The first kappa shape index (κ1) is 14.9. The van der Waals surface area contributed by atoms with Crippen LogP contribution < -0.4 is 5.32 Å². The summed E-state index contributed by atoms with van der Waals surface area (Å²) < 4.78 is 0. The van der Waals surface area contributed by atoms with Gasteiger partial charge in [-0.15, -0.1) is 11.8 Å². The first-order valence-electron chi connectivity index (χ1n) is 5.69. The second-order valence-corrected chi connectivity index (χ2v) is 5.12. The second-order valence-electron chi connectivity index (χ2n) is 4.27. The van der Waals surface area contributed by atoms with Crippen LogP contribution in [0, 0.1) is 10.1 Å². The van der Waals surface area contributed by atoms with Crippen LogP contribution in [0.5, 0.6) is 0 Å². The van der Waals surface area contributed by atoms with E-state index in [1.54, 1.807) is 18.4 Å². The number of hydrogen-bond donors (Lipinski definition) is 2. The number of nitrogens with one attached hydrogen (secondary N) is 1. The van der Waals surface area contributed by atoms with Crippen LogP contribution >= 0.6 is 11.8 Å². The van der Waals surface area contributed by atoms with Gasteiger partial charge >= 0.3 is 0 Å². The maximum Gasteiger partial charge on any atom is 0.283 e. The van der Waals surface area contributed by atoms with E-state index < -0.39 is 11.0 Å². The molecule has 0 heterocycles. The average molecular weight is 270 g/mol. The minimum Gasteiger partial charge on any atom is -0.387 e. The molecule has 0 bridgehead atoms. The van der Waals surface area contributed by atoms with E-state index in [0.717, 1.165) is 0 Å². The van der Waals surface area contributed by atoms with E-state index in [2.05, 4.69) is 5.32 Å². The molecule has 0 aliphatic heterocycles. The number of benzene rings is 1. The lowest BCUT2D eigenvalue weighted by molar-refractivity contribution is -0.387. The molecule has 0 spiro atoms. The van der Waals surface area contributed by atoms with Gasteiger partial charge in [0.1, 0.15) is 0 Å². The van der Waals surface area contributed by atoms with Gasteiger partial charge in [0.2, 0.25) is 0 Å². The van der Waals surface area contributed by atoms with E-state index in [0.29, 0.717) is 17.0 Å². The summed E-state index contributed by atoms with van der Waals surface area (Å²) in [6.45, 7) is 4.34. The van der Waals surface area contributed by atoms with Crippen LogP contribution in [0.1, 0.15) is 25.5 Å². The zero-order chi connectivity index (χ0) is 13.7. The highest BCUT2D eigenvalue weighted by Crippen LogP contribution is 2.30. The first-order chi connectivity index (χ1) is 8.45. The molecule has 6 heteroatoms. The third-order valence-electron chi connectivity index (χ3n) is 2.50. The van der Waals surface area contributed by atoms with Gasteiger partial charge in [0.25, 0.3) is 5.69 Å². The Morgan fingerprint density at radius 1 is 1.50 bits per heavy atom. The lowest BCUT2D eigenvalue weighted by Crippen LogP contribution is -2.27. The predicted octanol–water partition coefficient (Wildman–Crippen LogP) is 2.35.